The molecule has 1 fully saturated rings. The van der Waals surface area contributed by atoms with Crippen LogP contribution in [0, 0.1) is 5.41 Å². The third-order valence-corrected chi connectivity index (χ3v) is 6.74. The summed E-state index contributed by atoms with van der Waals surface area (Å²) in [7, 11) is -1.37. The average Bonchev–Trinajstić information content (AvgIpc) is 2.54. The number of piperidine rings is 1. The van der Waals surface area contributed by atoms with Crippen molar-refractivity contribution in [1.82, 2.24) is 14.9 Å². The Morgan fingerprint density at radius 2 is 1.85 bits per heavy atom. The van der Waals surface area contributed by atoms with Gasteiger partial charge in [-0.15, -0.1) is 24.0 Å². The molecule has 162 valence electrons. The van der Waals surface area contributed by atoms with E-state index in [1.54, 1.807) is 11.4 Å². The molecule has 0 aromatic carbocycles. The molecule has 1 heterocycles. The molecule has 7 nitrogen and oxygen atoms in total. The molecule has 1 aliphatic rings. The summed E-state index contributed by atoms with van der Waals surface area (Å²) in [6.45, 7) is 12.9. The Balaban J connectivity index is 0.00000676. The molecule has 27 heavy (non-hydrogen) atoms. The van der Waals surface area contributed by atoms with Gasteiger partial charge >= 0.3 is 0 Å². The average molecular weight is 519 g/mol. The number of nitrogens with zero attached hydrogens (tertiary/aromatic N) is 2. The van der Waals surface area contributed by atoms with Crippen LogP contribution >= 0.6 is 24.0 Å². The van der Waals surface area contributed by atoms with Crippen LogP contribution in [0.3, 0.4) is 0 Å². The van der Waals surface area contributed by atoms with Crippen molar-refractivity contribution in [3.63, 3.8) is 0 Å². The zero-order valence-electron chi connectivity index (χ0n) is 17.7. The van der Waals surface area contributed by atoms with Crippen LogP contribution in [0.15, 0.2) is 4.99 Å². The van der Waals surface area contributed by atoms with Crippen LogP contribution in [-0.2, 0) is 14.8 Å². The first-order valence-corrected chi connectivity index (χ1v) is 11.3. The Morgan fingerprint density at radius 3 is 2.30 bits per heavy atom. The molecule has 0 saturated carbocycles. The minimum atomic E-state index is -3.09. The van der Waals surface area contributed by atoms with E-state index in [0.29, 0.717) is 26.1 Å². The fourth-order valence-corrected chi connectivity index (χ4v) is 4.60. The van der Waals surface area contributed by atoms with E-state index >= 15 is 0 Å². The maximum absolute atomic E-state index is 12.2. The van der Waals surface area contributed by atoms with Gasteiger partial charge in [-0.05, 0) is 31.6 Å². The van der Waals surface area contributed by atoms with Crippen molar-refractivity contribution in [3.8, 4) is 0 Å². The van der Waals surface area contributed by atoms with Crippen molar-refractivity contribution in [2.45, 2.75) is 66.0 Å². The van der Waals surface area contributed by atoms with E-state index < -0.39 is 10.0 Å². The van der Waals surface area contributed by atoms with Gasteiger partial charge in [-0.25, -0.2) is 12.7 Å². The Kier molecular flexibility index (Phi) is 12.4. The summed E-state index contributed by atoms with van der Waals surface area (Å²) in [5, 5.41) is 6.73. The van der Waals surface area contributed by atoms with Gasteiger partial charge in [0, 0.05) is 32.8 Å². The number of methoxy groups -OCH3 is 1. The number of nitrogens with one attached hydrogen (secondary N) is 2. The molecule has 2 N–H and O–H groups in total. The van der Waals surface area contributed by atoms with Crippen molar-refractivity contribution in [2.24, 2.45) is 10.4 Å². The molecule has 0 spiro atoms. The lowest BCUT2D eigenvalue weighted by Crippen LogP contribution is -2.50. The van der Waals surface area contributed by atoms with E-state index in [4.69, 9.17) is 4.74 Å². The molecule has 1 rings (SSSR count). The molecule has 0 bridgehead atoms. The smallest absolute Gasteiger partial charge is 0.214 e. The van der Waals surface area contributed by atoms with Crippen molar-refractivity contribution in [3.05, 3.63) is 0 Å². The molecule has 0 amide bonds. The maximum Gasteiger partial charge on any atom is 0.214 e. The van der Waals surface area contributed by atoms with Crippen molar-refractivity contribution in [1.29, 1.82) is 0 Å². The number of guanidine groups is 1. The van der Waals surface area contributed by atoms with Crippen molar-refractivity contribution < 1.29 is 13.2 Å². The number of halogens is 1. The summed E-state index contributed by atoms with van der Waals surface area (Å²) in [4.78, 5) is 4.68. The summed E-state index contributed by atoms with van der Waals surface area (Å²) in [5.74, 6) is 1.01. The number of hydrogen-bond donors (Lipinski definition) is 2. The van der Waals surface area contributed by atoms with Crippen molar-refractivity contribution in [2.75, 3.05) is 39.0 Å². The van der Waals surface area contributed by atoms with E-state index in [0.717, 1.165) is 25.3 Å². The summed E-state index contributed by atoms with van der Waals surface area (Å²) >= 11 is 0. The molecule has 1 saturated heterocycles. The topological polar surface area (TPSA) is 83.0 Å². The Bertz CT molecular complexity index is 541. The molecule has 0 radical (unpaired) electrons. The number of rotatable bonds is 8. The zero-order chi connectivity index (χ0) is 19.8. The highest BCUT2D eigenvalue weighted by Crippen LogP contribution is 2.22. The van der Waals surface area contributed by atoms with Gasteiger partial charge in [-0.1, -0.05) is 27.7 Å². The SMILES string of the molecule is CCCS(=O)(=O)N1CCC(NC(=NCC(OC)C(C)(C)C)NCC)CC1.I. The van der Waals surface area contributed by atoms with Gasteiger partial charge in [0.05, 0.1) is 18.4 Å². The van der Waals surface area contributed by atoms with Crippen molar-refractivity contribution >= 4 is 40.0 Å². The van der Waals surface area contributed by atoms with E-state index in [1.807, 2.05) is 13.8 Å². The van der Waals surface area contributed by atoms with Gasteiger partial charge < -0.3 is 15.4 Å². The van der Waals surface area contributed by atoms with E-state index in [1.165, 1.54) is 0 Å². The van der Waals surface area contributed by atoms with E-state index in [-0.39, 0.29) is 47.3 Å². The first-order chi connectivity index (χ1) is 12.1. The molecular weight excluding hydrogens is 479 g/mol. The molecule has 1 atom stereocenters. The Hall–Kier alpha value is -0.130. The first kappa shape index (κ1) is 26.9. The highest BCUT2D eigenvalue weighted by atomic mass is 127. The summed E-state index contributed by atoms with van der Waals surface area (Å²) in [5.41, 5.74) is 0.0224. The number of ether oxygens (including phenoxy) is 1. The summed E-state index contributed by atoms with van der Waals surface area (Å²) in [6.07, 6.45) is 2.28. The number of aliphatic imine (C=N–C) groups is 1. The van der Waals surface area contributed by atoms with Crippen LogP contribution in [0.2, 0.25) is 0 Å². The van der Waals surface area contributed by atoms with Crippen LogP contribution in [0.4, 0.5) is 0 Å². The zero-order valence-corrected chi connectivity index (χ0v) is 20.9. The standard InChI is InChI=1S/C18H38N4O3S.HI/c1-7-13-26(23,24)22-11-9-15(10-12-22)21-17(19-8-2)20-14-16(25-6)18(3,4)5;/h15-16H,7-14H2,1-6H3,(H2,19,20,21);1H. The third kappa shape index (κ3) is 9.27. The Labute approximate surface area is 183 Å². The number of hydrogen-bond acceptors (Lipinski definition) is 4. The predicted molar refractivity (Wildman–Crippen MR) is 123 cm³/mol. The van der Waals surface area contributed by atoms with Gasteiger partial charge in [0.25, 0.3) is 0 Å². The fourth-order valence-electron chi connectivity index (χ4n) is 3.05. The highest BCUT2D eigenvalue weighted by Gasteiger charge is 2.28. The van der Waals surface area contributed by atoms with Gasteiger partial charge in [-0.3, -0.25) is 4.99 Å². The second kappa shape index (κ2) is 12.4. The predicted octanol–water partition coefficient (Wildman–Crippen LogP) is 2.42. The fraction of sp³-hybridized carbons (Fsp3) is 0.944. The van der Waals surface area contributed by atoms with Crippen LogP contribution in [0.1, 0.15) is 53.9 Å². The van der Waals surface area contributed by atoms with Gasteiger partial charge in [0.1, 0.15) is 0 Å². The highest BCUT2D eigenvalue weighted by molar-refractivity contribution is 14.0. The van der Waals surface area contributed by atoms with Crippen LogP contribution in [0.5, 0.6) is 0 Å². The second-order valence-electron chi connectivity index (χ2n) is 7.94. The lowest BCUT2D eigenvalue weighted by molar-refractivity contribution is 0.0241. The molecule has 0 aromatic heterocycles. The summed E-state index contributed by atoms with van der Waals surface area (Å²) in [6, 6.07) is 0.233. The molecular formula is C18H39IN4O3S. The second-order valence-corrected chi connectivity index (χ2v) is 10.0. The lowest BCUT2D eigenvalue weighted by atomic mass is 9.89. The maximum atomic E-state index is 12.2. The normalized spacial score (nSPS) is 18.7. The number of sulfonamides is 1. The molecule has 1 aliphatic heterocycles. The Morgan fingerprint density at radius 1 is 1.26 bits per heavy atom. The van der Waals surface area contributed by atoms with Crippen LogP contribution < -0.4 is 10.6 Å². The monoisotopic (exact) mass is 518 g/mol. The largest absolute Gasteiger partial charge is 0.379 e. The van der Waals surface area contributed by atoms with Gasteiger partial charge in [0.15, 0.2) is 5.96 Å². The van der Waals surface area contributed by atoms with Gasteiger partial charge in [0.2, 0.25) is 10.0 Å². The molecule has 0 aromatic rings. The minimum absolute atomic E-state index is 0. The molecule has 0 aliphatic carbocycles. The molecule has 1 unspecified atom stereocenters. The lowest BCUT2D eigenvalue weighted by Gasteiger charge is -2.32. The quantitative estimate of drug-likeness (QED) is 0.293. The third-order valence-electron chi connectivity index (χ3n) is 4.66. The van der Waals surface area contributed by atoms with E-state index in [9.17, 15) is 8.42 Å². The minimum Gasteiger partial charge on any atom is -0.379 e. The van der Waals surface area contributed by atoms with Crippen LogP contribution in [0.25, 0.3) is 0 Å². The van der Waals surface area contributed by atoms with E-state index in [2.05, 4.69) is 36.4 Å². The summed E-state index contributed by atoms with van der Waals surface area (Å²) < 4.78 is 31.6. The first-order valence-electron chi connectivity index (χ1n) is 9.69. The van der Waals surface area contributed by atoms with Crippen LogP contribution in [-0.4, -0.2) is 69.9 Å². The van der Waals surface area contributed by atoms with Gasteiger partial charge in [-0.2, -0.15) is 0 Å². The molecule has 9 heteroatoms.